The number of likely N-dealkylation sites (N-methyl/N-ethyl adjacent to an activating group) is 1. The standard InChI is InChI=1S/C16H27NO2/c1-6-17-16(5,11-18)7-8-19-15-10-12(2)9-13(3)14(15)4/h9-10,17-18H,6-8,11H2,1-5H3. The third kappa shape index (κ3) is 4.51. The Morgan fingerprint density at radius 1 is 1.26 bits per heavy atom. The molecule has 1 aromatic carbocycles. The highest BCUT2D eigenvalue weighted by Crippen LogP contribution is 2.24. The molecule has 0 bridgehead atoms. The molecule has 2 N–H and O–H groups in total. The van der Waals surface area contributed by atoms with E-state index in [0.29, 0.717) is 6.61 Å². The molecule has 0 aliphatic heterocycles. The van der Waals surface area contributed by atoms with Crippen LogP contribution in [0.3, 0.4) is 0 Å². The molecule has 19 heavy (non-hydrogen) atoms. The summed E-state index contributed by atoms with van der Waals surface area (Å²) in [5.41, 5.74) is 3.41. The molecule has 0 aliphatic rings. The maximum absolute atomic E-state index is 9.44. The molecule has 1 unspecified atom stereocenters. The van der Waals surface area contributed by atoms with Crippen LogP contribution >= 0.6 is 0 Å². The van der Waals surface area contributed by atoms with E-state index in [1.165, 1.54) is 16.7 Å². The summed E-state index contributed by atoms with van der Waals surface area (Å²) in [5, 5.41) is 12.7. The van der Waals surface area contributed by atoms with Crippen molar-refractivity contribution in [2.75, 3.05) is 19.8 Å². The van der Waals surface area contributed by atoms with E-state index in [4.69, 9.17) is 4.74 Å². The summed E-state index contributed by atoms with van der Waals surface area (Å²) in [6, 6.07) is 4.24. The van der Waals surface area contributed by atoms with Gasteiger partial charge in [-0.15, -0.1) is 0 Å². The number of rotatable bonds is 7. The van der Waals surface area contributed by atoms with Gasteiger partial charge in [0.15, 0.2) is 0 Å². The zero-order valence-corrected chi connectivity index (χ0v) is 12.8. The Morgan fingerprint density at radius 3 is 2.53 bits per heavy atom. The molecule has 3 nitrogen and oxygen atoms in total. The highest BCUT2D eigenvalue weighted by atomic mass is 16.5. The Balaban J connectivity index is 2.62. The first-order valence-electron chi connectivity index (χ1n) is 6.98. The van der Waals surface area contributed by atoms with Crippen molar-refractivity contribution in [3.05, 3.63) is 28.8 Å². The van der Waals surface area contributed by atoms with Gasteiger partial charge in [-0.25, -0.2) is 0 Å². The lowest BCUT2D eigenvalue weighted by Crippen LogP contribution is -2.46. The van der Waals surface area contributed by atoms with E-state index in [2.05, 4.69) is 38.2 Å². The van der Waals surface area contributed by atoms with Crippen LogP contribution in [0.5, 0.6) is 5.75 Å². The predicted octanol–water partition coefficient (Wildman–Crippen LogP) is 2.74. The molecule has 0 heterocycles. The minimum Gasteiger partial charge on any atom is -0.493 e. The van der Waals surface area contributed by atoms with Gasteiger partial charge in [0, 0.05) is 12.0 Å². The Bertz CT molecular complexity index is 417. The molecule has 0 aliphatic carbocycles. The largest absolute Gasteiger partial charge is 0.493 e. The van der Waals surface area contributed by atoms with E-state index in [-0.39, 0.29) is 12.1 Å². The van der Waals surface area contributed by atoms with Crippen molar-refractivity contribution in [3.8, 4) is 5.75 Å². The minimum atomic E-state index is -0.262. The van der Waals surface area contributed by atoms with Crippen LogP contribution in [0.15, 0.2) is 12.1 Å². The van der Waals surface area contributed by atoms with Gasteiger partial charge in [0.05, 0.1) is 13.2 Å². The molecular formula is C16H27NO2. The lowest BCUT2D eigenvalue weighted by molar-refractivity contribution is 0.145. The van der Waals surface area contributed by atoms with Crippen molar-refractivity contribution in [1.82, 2.24) is 5.32 Å². The van der Waals surface area contributed by atoms with Gasteiger partial charge >= 0.3 is 0 Å². The number of aliphatic hydroxyl groups excluding tert-OH is 1. The highest BCUT2D eigenvalue weighted by Gasteiger charge is 2.21. The van der Waals surface area contributed by atoms with Crippen molar-refractivity contribution in [2.45, 2.75) is 46.6 Å². The number of hydrogen-bond donors (Lipinski definition) is 2. The molecule has 0 saturated heterocycles. The van der Waals surface area contributed by atoms with Crippen LogP contribution in [0.2, 0.25) is 0 Å². The first-order chi connectivity index (χ1) is 8.91. The molecule has 0 radical (unpaired) electrons. The average Bonchev–Trinajstić information content (AvgIpc) is 2.35. The molecular weight excluding hydrogens is 238 g/mol. The summed E-state index contributed by atoms with van der Waals surface area (Å²) in [4.78, 5) is 0. The highest BCUT2D eigenvalue weighted by molar-refractivity contribution is 5.41. The molecule has 0 fully saturated rings. The van der Waals surface area contributed by atoms with E-state index >= 15 is 0 Å². The number of nitrogens with one attached hydrogen (secondary N) is 1. The fourth-order valence-corrected chi connectivity index (χ4v) is 2.19. The summed E-state index contributed by atoms with van der Waals surface area (Å²) >= 11 is 0. The lowest BCUT2D eigenvalue weighted by atomic mass is 9.99. The minimum absolute atomic E-state index is 0.121. The van der Waals surface area contributed by atoms with Crippen molar-refractivity contribution in [3.63, 3.8) is 0 Å². The summed E-state index contributed by atoms with van der Waals surface area (Å²) in [6.07, 6.45) is 0.782. The molecule has 0 saturated carbocycles. The Labute approximate surface area is 117 Å². The van der Waals surface area contributed by atoms with Crippen LogP contribution in [-0.4, -0.2) is 30.4 Å². The topological polar surface area (TPSA) is 41.5 Å². The third-order valence-electron chi connectivity index (χ3n) is 3.63. The summed E-state index contributed by atoms with van der Waals surface area (Å²) in [7, 11) is 0. The molecule has 0 spiro atoms. The third-order valence-corrected chi connectivity index (χ3v) is 3.63. The van der Waals surface area contributed by atoms with Gasteiger partial charge in [0.25, 0.3) is 0 Å². The second-order valence-corrected chi connectivity index (χ2v) is 5.55. The zero-order chi connectivity index (χ0) is 14.5. The van der Waals surface area contributed by atoms with Gasteiger partial charge < -0.3 is 15.2 Å². The van der Waals surface area contributed by atoms with Crippen LogP contribution in [-0.2, 0) is 0 Å². The van der Waals surface area contributed by atoms with E-state index in [1.807, 2.05) is 13.8 Å². The molecule has 0 aromatic heterocycles. The number of aliphatic hydroxyl groups is 1. The Hall–Kier alpha value is -1.06. The Kier molecular flexibility index (Phi) is 5.83. The van der Waals surface area contributed by atoms with E-state index in [0.717, 1.165) is 18.7 Å². The quantitative estimate of drug-likeness (QED) is 0.796. The number of hydrogen-bond acceptors (Lipinski definition) is 3. The SMILES string of the molecule is CCNC(C)(CO)CCOc1cc(C)cc(C)c1C. The van der Waals surface area contributed by atoms with Crippen LogP contribution in [0, 0.1) is 20.8 Å². The summed E-state index contributed by atoms with van der Waals surface area (Å²) < 4.78 is 5.89. The first-order valence-corrected chi connectivity index (χ1v) is 6.98. The van der Waals surface area contributed by atoms with Gasteiger partial charge in [-0.05, 0) is 57.0 Å². The number of aryl methyl sites for hydroxylation is 2. The van der Waals surface area contributed by atoms with Crippen LogP contribution in [0.1, 0.15) is 37.0 Å². The van der Waals surface area contributed by atoms with Crippen molar-refractivity contribution in [1.29, 1.82) is 0 Å². The van der Waals surface area contributed by atoms with Gasteiger partial charge in [0.1, 0.15) is 5.75 Å². The second kappa shape index (κ2) is 6.92. The van der Waals surface area contributed by atoms with Gasteiger partial charge in [-0.3, -0.25) is 0 Å². The average molecular weight is 265 g/mol. The summed E-state index contributed by atoms with van der Waals surface area (Å²) in [6.45, 7) is 11.9. The lowest BCUT2D eigenvalue weighted by Gasteiger charge is -2.28. The fourth-order valence-electron chi connectivity index (χ4n) is 2.19. The number of ether oxygens (including phenoxy) is 1. The second-order valence-electron chi connectivity index (χ2n) is 5.55. The predicted molar refractivity (Wildman–Crippen MR) is 79.9 cm³/mol. The van der Waals surface area contributed by atoms with Crippen molar-refractivity contribution < 1.29 is 9.84 Å². The maximum atomic E-state index is 9.44. The molecule has 3 heteroatoms. The van der Waals surface area contributed by atoms with Gasteiger partial charge in [-0.1, -0.05) is 13.0 Å². The fraction of sp³-hybridized carbons (Fsp3) is 0.625. The monoisotopic (exact) mass is 265 g/mol. The van der Waals surface area contributed by atoms with E-state index in [1.54, 1.807) is 0 Å². The molecule has 1 aromatic rings. The van der Waals surface area contributed by atoms with Gasteiger partial charge in [0.2, 0.25) is 0 Å². The molecule has 108 valence electrons. The Morgan fingerprint density at radius 2 is 1.95 bits per heavy atom. The first kappa shape index (κ1) is 16.0. The zero-order valence-electron chi connectivity index (χ0n) is 12.8. The van der Waals surface area contributed by atoms with Crippen LogP contribution in [0.4, 0.5) is 0 Å². The number of benzene rings is 1. The molecule has 0 amide bonds. The van der Waals surface area contributed by atoms with Gasteiger partial charge in [-0.2, -0.15) is 0 Å². The normalized spacial score (nSPS) is 14.2. The molecule has 1 atom stereocenters. The van der Waals surface area contributed by atoms with E-state index in [9.17, 15) is 5.11 Å². The molecule has 1 rings (SSSR count). The van der Waals surface area contributed by atoms with Crippen molar-refractivity contribution in [2.24, 2.45) is 0 Å². The van der Waals surface area contributed by atoms with E-state index < -0.39 is 0 Å². The maximum Gasteiger partial charge on any atom is 0.122 e. The van der Waals surface area contributed by atoms with Crippen LogP contribution < -0.4 is 10.1 Å². The smallest absolute Gasteiger partial charge is 0.122 e. The van der Waals surface area contributed by atoms with Crippen molar-refractivity contribution >= 4 is 0 Å². The summed E-state index contributed by atoms with van der Waals surface area (Å²) in [5.74, 6) is 0.953. The van der Waals surface area contributed by atoms with Crippen LogP contribution in [0.25, 0.3) is 0 Å².